The highest BCUT2D eigenvalue weighted by Crippen LogP contribution is 2.29. The third-order valence-electron chi connectivity index (χ3n) is 2.96. The monoisotopic (exact) mass is 270 g/mol. The van der Waals surface area contributed by atoms with Gasteiger partial charge in [-0.1, -0.05) is 12.1 Å². The lowest BCUT2D eigenvalue weighted by Gasteiger charge is -2.11. The molecule has 100 valence electrons. The molecular formula is C15H11FN2O2. The van der Waals surface area contributed by atoms with Crippen LogP contribution in [-0.2, 0) is 0 Å². The first-order valence-electron chi connectivity index (χ1n) is 5.99. The maximum Gasteiger partial charge on any atom is 0.361 e. The van der Waals surface area contributed by atoms with Crippen LogP contribution in [0, 0.1) is 5.82 Å². The number of nitrogens with two attached hydrogens (primary N) is 1. The van der Waals surface area contributed by atoms with Crippen LogP contribution in [0.1, 0.15) is 0 Å². The maximum absolute atomic E-state index is 12.9. The lowest BCUT2D eigenvalue weighted by atomic mass is 10.1. The number of para-hydroxylation sites is 1. The highest BCUT2D eigenvalue weighted by atomic mass is 19.1. The van der Waals surface area contributed by atoms with Crippen LogP contribution in [0.4, 0.5) is 21.5 Å². The normalized spacial score (nSPS) is 10.7. The lowest BCUT2D eigenvalue weighted by Crippen LogP contribution is -2.10. The fourth-order valence-electron chi connectivity index (χ4n) is 1.98. The van der Waals surface area contributed by atoms with Crippen LogP contribution in [0.2, 0.25) is 0 Å². The first kappa shape index (κ1) is 12.2. The Bertz CT molecular complexity index is 825. The summed E-state index contributed by atoms with van der Waals surface area (Å²) in [5.41, 5.74) is 6.71. The molecule has 0 aliphatic carbocycles. The summed E-state index contributed by atoms with van der Waals surface area (Å²) in [5.74, 6) is -0.332. The smallest absolute Gasteiger partial charge is 0.361 e. The first-order valence-corrected chi connectivity index (χ1v) is 5.99. The molecule has 0 fully saturated rings. The molecule has 2 aromatic carbocycles. The van der Waals surface area contributed by atoms with Gasteiger partial charge in [0, 0.05) is 11.1 Å². The zero-order valence-corrected chi connectivity index (χ0v) is 10.4. The van der Waals surface area contributed by atoms with Gasteiger partial charge in [-0.25, -0.2) is 9.18 Å². The third kappa shape index (κ3) is 2.09. The van der Waals surface area contributed by atoms with Crippen LogP contribution in [0.15, 0.2) is 57.7 Å². The molecule has 0 aliphatic rings. The van der Waals surface area contributed by atoms with E-state index in [-0.39, 0.29) is 11.5 Å². The molecule has 3 aromatic rings. The summed E-state index contributed by atoms with van der Waals surface area (Å²) in [6.45, 7) is 0. The fourth-order valence-corrected chi connectivity index (χ4v) is 1.98. The Morgan fingerprint density at radius 2 is 1.75 bits per heavy atom. The van der Waals surface area contributed by atoms with Gasteiger partial charge in [-0.05, 0) is 36.4 Å². The van der Waals surface area contributed by atoms with Crippen LogP contribution >= 0.6 is 0 Å². The van der Waals surface area contributed by atoms with E-state index >= 15 is 0 Å². The molecule has 0 unspecified atom stereocenters. The van der Waals surface area contributed by atoms with Crippen LogP contribution < -0.4 is 16.7 Å². The van der Waals surface area contributed by atoms with Crippen molar-refractivity contribution in [2.75, 3.05) is 11.1 Å². The molecule has 0 radical (unpaired) electrons. The van der Waals surface area contributed by atoms with Crippen LogP contribution in [0.3, 0.4) is 0 Å². The van der Waals surface area contributed by atoms with Gasteiger partial charge in [-0.15, -0.1) is 0 Å². The second-order valence-electron chi connectivity index (χ2n) is 4.31. The van der Waals surface area contributed by atoms with Crippen LogP contribution in [0.5, 0.6) is 0 Å². The average Bonchev–Trinajstić information content (AvgIpc) is 2.46. The highest BCUT2D eigenvalue weighted by Gasteiger charge is 2.11. The Morgan fingerprint density at radius 3 is 2.50 bits per heavy atom. The topological polar surface area (TPSA) is 68.3 Å². The number of fused-ring (bicyclic) bond motifs is 1. The van der Waals surface area contributed by atoms with Crippen molar-refractivity contribution in [2.45, 2.75) is 0 Å². The molecule has 20 heavy (non-hydrogen) atoms. The second kappa shape index (κ2) is 4.70. The van der Waals surface area contributed by atoms with E-state index in [1.54, 1.807) is 30.3 Å². The molecule has 4 nitrogen and oxygen atoms in total. The minimum atomic E-state index is -0.603. The number of rotatable bonds is 2. The number of anilines is 3. The molecule has 0 saturated carbocycles. The third-order valence-corrected chi connectivity index (χ3v) is 2.96. The van der Waals surface area contributed by atoms with E-state index in [1.807, 2.05) is 6.07 Å². The summed E-state index contributed by atoms with van der Waals surface area (Å²) < 4.78 is 18.0. The van der Waals surface area contributed by atoms with E-state index in [2.05, 4.69) is 5.32 Å². The van der Waals surface area contributed by atoms with Gasteiger partial charge in [0.2, 0.25) is 0 Å². The van der Waals surface area contributed by atoms with Gasteiger partial charge in [-0.3, -0.25) is 0 Å². The minimum absolute atomic E-state index is 0.00646. The van der Waals surface area contributed by atoms with Crippen molar-refractivity contribution < 1.29 is 8.81 Å². The second-order valence-corrected chi connectivity index (χ2v) is 4.31. The Balaban J connectivity index is 2.17. The molecule has 0 bridgehead atoms. The fraction of sp³-hybridized carbons (Fsp3) is 0. The maximum atomic E-state index is 12.9. The van der Waals surface area contributed by atoms with E-state index in [1.165, 1.54) is 12.1 Å². The Hall–Kier alpha value is -2.82. The summed E-state index contributed by atoms with van der Waals surface area (Å²) in [4.78, 5) is 11.7. The number of hydrogen-bond acceptors (Lipinski definition) is 4. The summed E-state index contributed by atoms with van der Waals surface area (Å²) in [5, 5.41) is 3.72. The number of hydrogen-bond donors (Lipinski definition) is 2. The van der Waals surface area contributed by atoms with Gasteiger partial charge in [0.15, 0.2) is 0 Å². The van der Waals surface area contributed by atoms with Crippen LogP contribution in [0.25, 0.3) is 11.0 Å². The van der Waals surface area contributed by atoms with E-state index in [4.69, 9.17) is 10.2 Å². The number of nitrogen functional groups attached to an aromatic ring is 1. The van der Waals surface area contributed by atoms with Crippen molar-refractivity contribution in [3.05, 3.63) is 64.8 Å². The molecule has 0 saturated heterocycles. The van der Waals surface area contributed by atoms with Gasteiger partial charge >= 0.3 is 5.63 Å². The lowest BCUT2D eigenvalue weighted by molar-refractivity contribution is 0.565. The molecule has 0 amide bonds. The van der Waals surface area contributed by atoms with Gasteiger partial charge < -0.3 is 15.5 Å². The summed E-state index contributed by atoms with van der Waals surface area (Å²) in [6.07, 6.45) is 0. The SMILES string of the molecule is Nc1c(Nc2ccc(F)cc2)c2ccccc2oc1=O. The van der Waals surface area contributed by atoms with E-state index in [0.717, 1.165) is 0 Å². The number of halogens is 1. The molecule has 3 N–H and O–H groups in total. The zero-order valence-electron chi connectivity index (χ0n) is 10.4. The van der Waals surface area contributed by atoms with E-state index in [0.29, 0.717) is 22.3 Å². The summed E-state index contributed by atoms with van der Waals surface area (Å²) >= 11 is 0. The van der Waals surface area contributed by atoms with Gasteiger partial charge in [0.25, 0.3) is 0 Å². The predicted molar refractivity (Wildman–Crippen MR) is 76.6 cm³/mol. The number of nitrogens with one attached hydrogen (secondary N) is 1. The van der Waals surface area contributed by atoms with Crippen molar-refractivity contribution >= 4 is 28.0 Å². The zero-order chi connectivity index (χ0) is 14.1. The molecule has 1 aromatic heterocycles. The molecule has 5 heteroatoms. The quantitative estimate of drug-likeness (QED) is 0.701. The van der Waals surface area contributed by atoms with Crippen molar-refractivity contribution in [1.29, 1.82) is 0 Å². The molecule has 0 spiro atoms. The van der Waals surface area contributed by atoms with Gasteiger partial charge in [-0.2, -0.15) is 0 Å². The van der Waals surface area contributed by atoms with E-state index in [9.17, 15) is 9.18 Å². The Morgan fingerprint density at radius 1 is 1.05 bits per heavy atom. The molecule has 0 atom stereocenters. The molecular weight excluding hydrogens is 259 g/mol. The van der Waals surface area contributed by atoms with Gasteiger partial charge in [0.05, 0.1) is 5.69 Å². The standard InChI is InChI=1S/C15H11FN2O2/c16-9-5-7-10(8-6-9)18-14-11-3-1-2-4-12(11)20-15(19)13(14)17/h1-8,18H,17H2. The minimum Gasteiger partial charge on any atom is -0.421 e. The van der Waals surface area contributed by atoms with Crippen LogP contribution in [-0.4, -0.2) is 0 Å². The summed E-state index contributed by atoms with van der Waals surface area (Å²) in [7, 11) is 0. The van der Waals surface area contributed by atoms with Crippen molar-refractivity contribution in [1.82, 2.24) is 0 Å². The Kier molecular flexibility index (Phi) is 2.87. The van der Waals surface area contributed by atoms with E-state index < -0.39 is 5.63 Å². The van der Waals surface area contributed by atoms with Gasteiger partial charge in [0.1, 0.15) is 17.1 Å². The molecule has 1 heterocycles. The molecule has 0 aliphatic heterocycles. The number of benzene rings is 2. The largest absolute Gasteiger partial charge is 0.421 e. The molecule has 3 rings (SSSR count). The first-order chi connectivity index (χ1) is 9.65. The average molecular weight is 270 g/mol. The van der Waals surface area contributed by atoms with Crippen molar-refractivity contribution in [2.24, 2.45) is 0 Å². The highest BCUT2D eigenvalue weighted by molar-refractivity contribution is 5.97. The predicted octanol–water partition coefficient (Wildman–Crippen LogP) is 3.26. The van der Waals surface area contributed by atoms with Crippen molar-refractivity contribution in [3.8, 4) is 0 Å². The Labute approximate surface area is 113 Å². The van der Waals surface area contributed by atoms with Crippen molar-refractivity contribution in [3.63, 3.8) is 0 Å². The summed E-state index contributed by atoms with van der Waals surface area (Å²) in [6, 6.07) is 12.8.